The third-order valence-electron chi connectivity index (χ3n) is 3.72. The van der Waals surface area contributed by atoms with Gasteiger partial charge < -0.3 is 4.74 Å². The SMILES string of the molecule is CCCCCCC(C(=O)OCC)N1CCCCC1.Cl. The molecule has 1 unspecified atom stereocenters. The molecule has 3 nitrogen and oxygen atoms in total. The summed E-state index contributed by atoms with van der Waals surface area (Å²) in [5.41, 5.74) is 0. The lowest BCUT2D eigenvalue weighted by atomic mass is 10.0. The molecule has 19 heavy (non-hydrogen) atoms. The van der Waals surface area contributed by atoms with Gasteiger partial charge >= 0.3 is 5.97 Å². The molecule has 1 saturated heterocycles. The summed E-state index contributed by atoms with van der Waals surface area (Å²) >= 11 is 0. The predicted octanol–water partition coefficient (Wildman–Crippen LogP) is 3.80. The van der Waals surface area contributed by atoms with Crippen LogP contribution >= 0.6 is 12.4 Å². The second-order valence-corrected chi connectivity index (χ2v) is 5.21. The first kappa shape index (κ1) is 18.7. The van der Waals surface area contributed by atoms with Crippen molar-refractivity contribution in [2.75, 3.05) is 19.7 Å². The Bertz CT molecular complexity index is 230. The van der Waals surface area contributed by atoms with Gasteiger partial charge in [0.25, 0.3) is 0 Å². The van der Waals surface area contributed by atoms with Crippen LogP contribution < -0.4 is 0 Å². The topological polar surface area (TPSA) is 29.5 Å². The van der Waals surface area contributed by atoms with E-state index < -0.39 is 0 Å². The molecule has 1 atom stereocenters. The van der Waals surface area contributed by atoms with Gasteiger partial charge in [-0.15, -0.1) is 12.4 Å². The lowest BCUT2D eigenvalue weighted by Crippen LogP contribution is -2.44. The summed E-state index contributed by atoms with van der Waals surface area (Å²) in [4.78, 5) is 14.4. The summed E-state index contributed by atoms with van der Waals surface area (Å²) in [5.74, 6) is -0.00380. The highest BCUT2D eigenvalue weighted by Gasteiger charge is 2.27. The van der Waals surface area contributed by atoms with Gasteiger partial charge in [0.15, 0.2) is 0 Å². The Hall–Kier alpha value is -0.280. The maximum atomic E-state index is 12.0. The van der Waals surface area contributed by atoms with E-state index in [1.165, 1.54) is 38.5 Å². The summed E-state index contributed by atoms with van der Waals surface area (Å²) in [7, 11) is 0. The molecule has 4 heteroatoms. The average Bonchev–Trinajstić information content (AvgIpc) is 2.40. The molecule has 0 aromatic heterocycles. The highest BCUT2D eigenvalue weighted by atomic mass is 35.5. The standard InChI is InChI=1S/C15H29NO2.ClH/c1-3-5-6-8-11-14(15(17)18-4-2)16-12-9-7-10-13-16;/h14H,3-13H2,1-2H3;1H. The number of hydrogen-bond donors (Lipinski definition) is 0. The van der Waals surface area contributed by atoms with Crippen LogP contribution in [0.25, 0.3) is 0 Å². The molecule has 114 valence electrons. The van der Waals surface area contributed by atoms with Crippen LogP contribution in [0.3, 0.4) is 0 Å². The molecule has 1 aliphatic rings. The maximum Gasteiger partial charge on any atom is 0.323 e. The normalized spacial score (nSPS) is 17.6. The smallest absolute Gasteiger partial charge is 0.323 e. The number of hydrogen-bond acceptors (Lipinski definition) is 3. The first-order valence-corrected chi connectivity index (χ1v) is 7.70. The van der Waals surface area contributed by atoms with E-state index >= 15 is 0 Å². The van der Waals surface area contributed by atoms with E-state index in [0.29, 0.717) is 6.61 Å². The van der Waals surface area contributed by atoms with Crippen molar-refractivity contribution in [3.63, 3.8) is 0 Å². The Balaban J connectivity index is 0.00000324. The number of rotatable bonds is 8. The molecule has 0 aromatic rings. The lowest BCUT2D eigenvalue weighted by molar-refractivity contribution is -0.150. The predicted molar refractivity (Wildman–Crippen MR) is 81.9 cm³/mol. The second-order valence-electron chi connectivity index (χ2n) is 5.21. The second kappa shape index (κ2) is 11.5. The van der Waals surface area contributed by atoms with Crippen molar-refractivity contribution in [1.82, 2.24) is 4.90 Å². The van der Waals surface area contributed by atoms with E-state index in [4.69, 9.17) is 4.74 Å². The Morgan fingerprint density at radius 1 is 1.11 bits per heavy atom. The summed E-state index contributed by atoms with van der Waals surface area (Å²) in [6, 6.07) is 0.0158. The minimum absolute atomic E-state index is 0. The first-order valence-electron chi connectivity index (χ1n) is 7.70. The van der Waals surface area contributed by atoms with Gasteiger partial charge in [-0.2, -0.15) is 0 Å². The van der Waals surface area contributed by atoms with Crippen LogP contribution in [0.2, 0.25) is 0 Å². The Kier molecular flexibility index (Phi) is 11.4. The fourth-order valence-corrected chi connectivity index (χ4v) is 2.68. The molecule has 0 aromatic carbocycles. The molecule has 0 amide bonds. The van der Waals surface area contributed by atoms with Crippen LogP contribution in [0.4, 0.5) is 0 Å². The first-order chi connectivity index (χ1) is 8.79. The number of nitrogens with zero attached hydrogens (tertiary/aromatic N) is 1. The van der Waals surface area contributed by atoms with Crippen LogP contribution in [0.5, 0.6) is 0 Å². The molecule has 0 radical (unpaired) electrons. The minimum atomic E-state index is -0.00380. The number of piperidine rings is 1. The number of halogens is 1. The van der Waals surface area contributed by atoms with E-state index in [0.717, 1.165) is 25.9 Å². The third-order valence-corrected chi connectivity index (χ3v) is 3.72. The van der Waals surface area contributed by atoms with Gasteiger partial charge in [0.05, 0.1) is 6.61 Å². The zero-order valence-electron chi connectivity index (χ0n) is 12.5. The van der Waals surface area contributed by atoms with Gasteiger partial charge in [0.1, 0.15) is 6.04 Å². The van der Waals surface area contributed by atoms with Crippen molar-refractivity contribution in [1.29, 1.82) is 0 Å². The quantitative estimate of drug-likeness (QED) is 0.503. The van der Waals surface area contributed by atoms with Crippen molar-refractivity contribution in [3.8, 4) is 0 Å². The monoisotopic (exact) mass is 291 g/mol. The van der Waals surface area contributed by atoms with E-state index in [2.05, 4.69) is 11.8 Å². The Morgan fingerprint density at radius 2 is 1.79 bits per heavy atom. The lowest BCUT2D eigenvalue weighted by Gasteiger charge is -2.33. The molecule has 1 heterocycles. The summed E-state index contributed by atoms with van der Waals surface area (Å²) in [5, 5.41) is 0. The van der Waals surface area contributed by atoms with Crippen molar-refractivity contribution in [2.24, 2.45) is 0 Å². The summed E-state index contributed by atoms with van der Waals surface area (Å²) < 4.78 is 5.23. The molecular formula is C15H30ClNO2. The summed E-state index contributed by atoms with van der Waals surface area (Å²) in [6.45, 7) is 6.74. The fourth-order valence-electron chi connectivity index (χ4n) is 2.68. The molecule has 1 aliphatic heterocycles. The number of carbonyl (C=O) groups is 1. The van der Waals surface area contributed by atoms with Crippen LogP contribution in [0.1, 0.15) is 65.2 Å². The maximum absolute atomic E-state index is 12.0. The number of esters is 1. The molecule has 1 rings (SSSR count). The minimum Gasteiger partial charge on any atom is -0.465 e. The van der Waals surface area contributed by atoms with E-state index in [9.17, 15) is 4.79 Å². The van der Waals surface area contributed by atoms with Crippen LogP contribution in [-0.4, -0.2) is 36.6 Å². The van der Waals surface area contributed by atoms with Crippen molar-refractivity contribution >= 4 is 18.4 Å². The van der Waals surface area contributed by atoms with Gasteiger partial charge in [-0.1, -0.05) is 39.0 Å². The fraction of sp³-hybridized carbons (Fsp3) is 0.933. The van der Waals surface area contributed by atoms with E-state index in [-0.39, 0.29) is 24.4 Å². The molecule has 0 spiro atoms. The van der Waals surface area contributed by atoms with Crippen LogP contribution in [0.15, 0.2) is 0 Å². The molecular weight excluding hydrogens is 262 g/mol. The highest BCUT2D eigenvalue weighted by Crippen LogP contribution is 2.18. The Labute approximate surface area is 124 Å². The number of unbranched alkanes of at least 4 members (excludes halogenated alkanes) is 3. The van der Waals surface area contributed by atoms with Gasteiger partial charge in [-0.3, -0.25) is 9.69 Å². The van der Waals surface area contributed by atoms with Crippen LogP contribution in [-0.2, 0) is 9.53 Å². The zero-order valence-corrected chi connectivity index (χ0v) is 13.3. The highest BCUT2D eigenvalue weighted by molar-refractivity contribution is 5.85. The Morgan fingerprint density at radius 3 is 2.37 bits per heavy atom. The zero-order chi connectivity index (χ0) is 13.2. The van der Waals surface area contributed by atoms with Gasteiger partial charge in [-0.25, -0.2) is 0 Å². The molecule has 0 aliphatic carbocycles. The average molecular weight is 292 g/mol. The van der Waals surface area contributed by atoms with Crippen molar-refractivity contribution in [2.45, 2.75) is 71.3 Å². The number of ether oxygens (including phenoxy) is 1. The third kappa shape index (κ3) is 7.17. The van der Waals surface area contributed by atoms with Crippen LogP contribution in [0, 0.1) is 0 Å². The van der Waals surface area contributed by atoms with Gasteiger partial charge in [-0.05, 0) is 39.3 Å². The van der Waals surface area contributed by atoms with Crippen molar-refractivity contribution in [3.05, 3.63) is 0 Å². The molecule has 1 fully saturated rings. The molecule has 0 bridgehead atoms. The largest absolute Gasteiger partial charge is 0.465 e. The van der Waals surface area contributed by atoms with Crippen molar-refractivity contribution < 1.29 is 9.53 Å². The molecule has 0 N–H and O–H groups in total. The number of carbonyl (C=O) groups excluding carboxylic acids is 1. The van der Waals surface area contributed by atoms with Gasteiger partial charge in [0, 0.05) is 0 Å². The van der Waals surface area contributed by atoms with E-state index in [1.807, 2.05) is 6.92 Å². The molecule has 0 saturated carbocycles. The summed E-state index contributed by atoms with van der Waals surface area (Å²) in [6.07, 6.45) is 9.63. The van der Waals surface area contributed by atoms with Gasteiger partial charge in [0.2, 0.25) is 0 Å². The number of likely N-dealkylation sites (tertiary alicyclic amines) is 1. The van der Waals surface area contributed by atoms with E-state index in [1.54, 1.807) is 0 Å².